The summed E-state index contributed by atoms with van der Waals surface area (Å²) in [6, 6.07) is 12.1. The second kappa shape index (κ2) is 8.28. The fourth-order valence-electron chi connectivity index (χ4n) is 1.36. The molecule has 2 rings (SSSR count). The summed E-state index contributed by atoms with van der Waals surface area (Å²) >= 11 is 3.35. The molecule has 0 aliphatic carbocycles. The number of para-hydroxylation sites is 1. The van der Waals surface area contributed by atoms with Crippen LogP contribution in [-0.4, -0.2) is 10.3 Å². The topological polar surface area (TPSA) is 12.9 Å². The van der Waals surface area contributed by atoms with Crippen molar-refractivity contribution in [2.45, 2.75) is 26.2 Å². The Morgan fingerprint density at radius 3 is 2.44 bits per heavy atom. The maximum Gasteiger partial charge on any atom is 0.0701 e. The number of alkyl halides is 1. The molecule has 16 heavy (non-hydrogen) atoms. The second-order valence-electron chi connectivity index (χ2n) is 3.59. The third-order valence-corrected chi connectivity index (χ3v) is 2.81. The third kappa shape index (κ3) is 4.75. The average Bonchev–Trinajstić information content (AvgIpc) is 2.37. The molecule has 2 aromatic rings. The predicted octanol–water partition coefficient (Wildman–Crippen LogP) is 4.81. The van der Waals surface area contributed by atoms with Gasteiger partial charge in [0, 0.05) is 16.9 Å². The lowest BCUT2D eigenvalue weighted by atomic mass is 10.2. The summed E-state index contributed by atoms with van der Waals surface area (Å²) in [5.74, 6) is 0. The van der Waals surface area contributed by atoms with Crippen LogP contribution in [0.25, 0.3) is 10.9 Å². The van der Waals surface area contributed by atoms with E-state index in [0.717, 1.165) is 5.52 Å². The Hall–Kier alpha value is -0.890. The van der Waals surface area contributed by atoms with Crippen molar-refractivity contribution in [2.75, 3.05) is 5.33 Å². The van der Waals surface area contributed by atoms with Gasteiger partial charge in [-0.05, 0) is 18.6 Å². The molecule has 0 spiro atoms. The lowest BCUT2D eigenvalue weighted by Crippen LogP contribution is -1.73. The molecule has 0 unspecified atom stereocenters. The van der Waals surface area contributed by atoms with Crippen molar-refractivity contribution in [3.63, 3.8) is 0 Å². The SMILES string of the molecule is CCCCCBr.c1ccc2ncccc2c1. The first-order valence-electron chi connectivity index (χ1n) is 5.74. The Morgan fingerprint density at radius 1 is 1.06 bits per heavy atom. The Morgan fingerprint density at radius 2 is 1.81 bits per heavy atom. The number of halogens is 1. The molecule has 0 saturated heterocycles. The molecule has 0 saturated carbocycles. The van der Waals surface area contributed by atoms with Gasteiger partial charge in [0.2, 0.25) is 0 Å². The van der Waals surface area contributed by atoms with Crippen molar-refractivity contribution in [3.05, 3.63) is 42.6 Å². The van der Waals surface area contributed by atoms with E-state index in [2.05, 4.69) is 40.0 Å². The molecule has 1 heterocycles. The van der Waals surface area contributed by atoms with E-state index in [1.807, 2.05) is 30.5 Å². The van der Waals surface area contributed by atoms with E-state index >= 15 is 0 Å². The molecule has 86 valence electrons. The molecule has 0 atom stereocenters. The fraction of sp³-hybridized carbons (Fsp3) is 0.357. The molecule has 1 aromatic heterocycles. The quantitative estimate of drug-likeness (QED) is 0.581. The van der Waals surface area contributed by atoms with Crippen LogP contribution < -0.4 is 0 Å². The molecule has 1 aromatic carbocycles. The van der Waals surface area contributed by atoms with Gasteiger partial charge in [-0.25, -0.2) is 0 Å². The van der Waals surface area contributed by atoms with Crippen LogP contribution in [0.4, 0.5) is 0 Å². The summed E-state index contributed by atoms with van der Waals surface area (Å²) in [6.45, 7) is 2.21. The second-order valence-corrected chi connectivity index (χ2v) is 4.39. The molecule has 0 radical (unpaired) electrons. The van der Waals surface area contributed by atoms with E-state index in [9.17, 15) is 0 Å². The summed E-state index contributed by atoms with van der Waals surface area (Å²) in [4.78, 5) is 4.18. The van der Waals surface area contributed by atoms with Gasteiger partial charge in [0.05, 0.1) is 5.52 Å². The zero-order valence-corrected chi connectivity index (χ0v) is 11.3. The van der Waals surface area contributed by atoms with Crippen LogP contribution in [0.2, 0.25) is 0 Å². The lowest BCUT2D eigenvalue weighted by molar-refractivity contribution is 0.781. The van der Waals surface area contributed by atoms with Crippen molar-refractivity contribution in [1.29, 1.82) is 0 Å². The highest BCUT2D eigenvalue weighted by molar-refractivity contribution is 9.09. The van der Waals surface area contributed by atoms with Crippen molar-refractivity contribution < 1.29 is 0 Å². The largest absolute Gasteiger partial charge is 0.256 e. The Bertz CT molecular complexity index is 331. The van der Waals surface area contributed by atoms with Crippen molar-refractivity contribution >= 4 is 26.8 Å². The van der Waals surface area contributed by atoms with Crippen LogP contribution in [0.15, 0.2) is 42.6 Å². The van der Waals surface area contributed by atoms with E-state index in [4.69, 9.17) is 0 Å². The Kier molecular flexibility index (Phi) is 6.82. The van der Waals surface area contributed by atoms with Gasteiger partial charge in [0.15, 0.2) is 0 Å². The van der Waals surface area contributed by atoms with Crippen LogP contribution in [0.1, 0.15) is 26.2 Å². The first-order valence-corrected chi connectivity index (χ1v) is 6.86. The third-order valence-electron chi connectivity index (χ3n) is 2.25. The zero-order chi connectivity index (χ0) is 11.6. The fourth-order valence-corrected chi connectivity index (χ4v) is 1.76. The molecular formula is C14H18BrN. The number of nitrogens with zero attached hydrogens (tertiary/aromatic N) is 1. The molecule has 0 amide bonds. The monoisotopic (exact) mass is 279 g/mol. The van der Waals surface area contributed by atoms with E-state index in [-0.39, 0.29) is 0 Å². The van der Waals surface area contributed by atoms with Gasteiger partial charge >= 0.3 is 0 Å². The smallest absolute Gasteiger partial charge is 0.0701 e. The number of hydrogen-bond donors (Lipinski definition) is 0. The van der Waals surface area contributed by atoms with Crippen molar-refractivity contribution in [3.8, 4) is 0 Å². The average molecular weight is 280 g/mol. The number of aromatic nitrogens is 1. The number of fused-ring (bicyclic) bond motifs is 1. The molecule has 2 heteroatoms. The lowest BCUT2D eigenvalue weighted by Gasteiger charge is -1.91. The van der Waals surface area contributed by atoms with Crippen LogP contribution in [-0.2, 0) is 0 Å². The van der Waals surface area contributed by atoms with Crippen LogP contribution in [0.3, 0.4) is 0 Å². The van der Waals surface area contributed by atoms with Gasteiger partial charge in [-0.3, -0.25) is 4.98 Å². The number of benzene rings is 1. The number of unbranched alkanes of at least 4 members (excludes halogenated alkanes) is 2. The number of hydrogen-bond acceptors (Lipinski definition) is 1. The standard InChI is InChI=1S/C9H7N.C5H11Br/c1-2-6-9-8(4-1)5-3-7-10-9;1-2-3-4-5-6/h1-7H;2-5H2,1H3. The number of pyridine rings is 1. The van der Waals surface area contributed by atoms with Gasteiger partial charge in [-0.15, -0.1) is 0 Å². The normalized spacial score (nSPS) is 9.62. The minimum Gasteiger partial charge on any atom is -0.256 e. The summed E-state index contributed by atoms with van der Waals surface area (Å²) in [7, 11) is 0. The molecule has 0 aliphatic rings. The van der Waals surface area contributed by atoms with Gasteiger partial charge in [0.1, 0.15) is 0 Å². The van der Waals surface area contributed by atoms with E-state index in [0.29, 0.717) is 0 Å². The maximum absolute atomic E-state index is 4.18. The van der Waals surface area contributed by atoms with Crippen LogP contribution >= 0.6 is 15.9 Å². The van der Waals surface area contributed by atoms with Crippen LogP contribution in [0, 0.1) is 0 Å². The van der Waals surface area contributed by atoms with E-state index in [1.54, 1.807) is 0 Å². The number of rotatable bonds is 3. The highest BCUT2D eigenvalue weighted by Gasteiger charge is 1.86. The molecular weight excluding hydrogens is 262 g/mol. The van der Waals surface area contributed by atoms with Crippen molar-refractivity contribution in [1.82, 2.24) is 4.98 Å². The molecule has 0 N–H and O–H groups in total. The minimum atomic E-state index is 1.06. The van der Waals surface area contributed by atoms with E-state index < -0.39 is 0 Å². The van der Waals surface area contributed by atoms with Gasteiger partial charge < -0.3 is 0 Å². The molecule has 0 aliphatic heterocycles. The predicted molar refractivity (Wildman–Crippen MR) is 75.1 cm³/mol. The van der Waals surface area contributed by atoms with Gasteiger partial charge in [-0.1, -0.05) is 60.0 Å². The minimum absolute atomic E-state index is 1.06. The summed E-state index contributed by atoms with van der Waals surface area (Å²) in [6.07, 6.45) is 5.83. The Labute approximate surface area is 106 Å². The zero-order valence-electron chi connectivity index (χ0n) is 9.70. The summed E-state index contributed by atoms with van der Waals surface area (Å²) in [5, 5.41) is 2.37. The Balaban J connectivity index is 0.000000187. The first-order chi connectivity index (χ1) is 7.88. The summed E-state index contributed by atoms with van der Waals surface area (Å²) in [5.41, 5.74) is 1.06. The van der Waals surface area contributed by atoms with Gasteiger partial charge in [0.25, 0.3) is 0 Å². The molecule has 1 nitrogen and oxygen atoms in total. The molecule has 0 bridgehead atoms. The van der Waals surface area contributed by atoms with Crippen molar-refractivity contribution in [2.24, 2.45) is 0 Å². The summed E-state index contributed by atoms with van der Waals surface area (Å²) < 4.78 is 0. The highest BCUT2D eigenvalue weighted by Crippen LogP contribution is 2.07. The van der Waals surface area contributed by atoms with E-state index in [1.165, 1.54) is 30.0 Å². The highest BCUT2D eigenvalue weighted by atomic mass is 79.9. The van der Waals surface area contributed by atoms with Gasteiger partial charge in [-0.2, -0.15) is 0 Å². The van der Waals surface area contributed by atoms with Crippen LogP contribution in [0.5, 0.6) is 0 Å². The first kappa shape index (κ1) is 13.2. The molecule has 0 fully saturated rings. The maximum atomic E-state index is 4.18.